The lowest BCUT2D eigenvalue weighted by Crippen LogP contribution is -2.11. The molecule has 19 heavy (non-hydrogen) atoms. The van der Waals surface area contributed by atoms with Crippen LogP contribution < -0.4 is 9.47 Å². The number of aromatic nitrogens is 2. The van der Waals surface area contributed by atoms with Crippen LogP contribution in [-0.2, 0) is 4.74 Å². The second kappa shape index (κ2) is 5.17. The van der Waals surface area contributed by atoms with E-state index in [1.807, 2.05) is 0 Å². The van der Waals surface area contributed by atoms with Crippen molar-refractivity contribution in [1.82, 2.24) is 9.38 Å². The van der Waals surface area contributed by atoms with Crippen molar-refractivity contribution in [2.24, 2.45) is 0 Å². The number of pyridine rings is 1. The summed E-state index contributed by atoms with van der Waals surface area (Å²) in [6.07, 6.45) is 0. The van der Waals surface area contributed by atoms with Gasteiger partial charge in [0.15, 0.2) is 11.4 Å². The van der Waals surface area contributed by atoms with Gasteiger partial charge < -0.3 is 14.2 Å². The first-order chi connectivity index (χ1) is 9.13. The number of carbonyl (C=O) groups excluding carboxylic acids is 1. The fourth-order valence-electron chi connectivity index (χ4n) is 1.99. The van der Waals surface area contributed by atoms with E-state index in [1.165, 1.54) is 14.2 Å². The molecule has 0 N–H and O–H groups in total. The minimum atomic E-state index is -0.431. The fraction of sp³-hybridized carbons (Fsp3) is 0.385. The average Bonchev–Trinajstić information content (AvgIpc) is 2.73. The van der Waals surface area contributed by atoms with E-state index >= 15 is 0 Å². The number of aryl methyl sites for hydroxylation is 1. The number of hydrogen-bond donors (Lipinski definition) is 0. The van der Waals surface area contributed by atoms with Crippen LogP contribution in [0.25, 0.3) is 5.65 Å². The van der Waals surface area contributed by atoms with Crippen molar-refractivity contribution in [1.29, 1.82) is 0 Å². The van der Waals surface area contributed by atoms with E-state index in [1.54, 1.807) is 30.4 Å². The van der Waals surface area contributed by atoms with Crippen LogP contribution in [0.3, 0.4) is 0 Å². The summed E-state index contributed by atoms with van der Waals surface area (Å²) in [6, 6.07) is 3.51. The smallest absolute Gasteiger partial charge is 0.357 e. The third kappa shape index (κ3) is 2.09. The molecule has 2 aromatic rings. The number of nitrogens with zero attached hydrogens (tertiary/aromatic N) is 2. The summed E-state index contributed by atoms with van der Waals surface area (Å²) in [6.45, 7) is 3.82. The molecule has 6 heteroatoms. The molecule has 0 aromatic carbocycles. The molecule has 2 rings (SSSR count). The molecule has 0 saturated heterocycles. The summed E-state index contributed by atoms with van der Waals surface area (Å²) >= 11 is 0. The summed E-state index contributed by atoms with van der Waals surface area (Å²) in [5.74, 6) is 0.514. The van der Waals surface area contributed by atoms with E-state index in [9.17, 15) is 4.79 Å². The van der Waals surface area contributed by atoms with Gasteiger partial charge in [-0.1, -0.05) is 0 Å². The van der Waals surface area contributed by atoms with Crippen LogP contribution >= 0.6 is 0 Å². The second-order valence-electron chi connectivity index (χ2n) is 3.87. The van der Waals surface area contributed by atoms with Crippen LogP contribution in [0.4, 0.5) is 0 Å². The number of methoxy groups -OCH3 is 2. The molecular weight excluding hydrogens is 248 g/mol. The number of imidazole rings is 1. The van der Waals surface area contributed by atoms with E-state index in [-0.39, 0.29) is 0 Å². The molecule has 2 aromatic heterocycles. The Hall–Kier alpha value is -2.24. The first-order valence-electron chi connectivity index (χ1n) is 5.91. The highest BCUT2D eigenvalue weighted by Crippen LogP contribution is 2.30. The molecule has 0 aliphatic heterocycles. The fourth-order valence-corrected chi connectivity index (χ4v) is 1.99. The van der Waals surface area contributed by atoms with E-state index in [0.29, 0.717) is 35.3 Å². The standard InChI is InChI=1S/C13H16N2O4/c1-5-19-13(16)11-8(2)14-10-7-6-9(17-3)12(18-4)15(10)11/h6-7H,5H2,1-4H3. The summed E-state index contributed by atoms with van der Waals surface area (Å²) in [5, 5.41) is 0. The van der Waals surface area contributed by atoms with Gasteiger partial charge in [0, 0.05) is 0 Å². The highest BCUT2D eigenvalue weighted by atomic mass is 16.5. The Kier molecular flexibility index (Phi) is 3.59. The molecule has 0 amide bonds. The van der Waals surface area contributed by atoms with Gasteiger partial charge in [0.25, 0.3) is 0 Å². The van der Waals surface area contributed by atoms with Crippen molar-refractivity contribution in [2.45, 2.75) is 13.8 Å². The highest BCUT2D eigenvalue weighted by molar-refractivity contribution is 5.90. The number of fused-ring (bicyclic) bond motifs is 1. The number of esters is 1. The molecule has 2 heterocycles. The van der Waals surface area contributed by atoms with Crippen LogP contribution in [-0.4, -0.2) is 36.2 Å². The number of rotatable bonds is 4. The van der Waals surface area contributed by atoms with Crippen molar-refractivity contribution in [3.63, 3.8) is 0 Å². The Balaban J connectivity index is 2.75. The molecule has 102 valence electrons. The van der Waals surface area contributed by atoms with Gasteiger partial charge >= 0.3 is 5.97 Å². The summed E-state index contributed by atoms with van der Waals surface area (Å²) in [7, 11) is 3.05. The van der Waals surface area contributed by atoms with Gasteiger partial charge in [0.2, 0.25) is 5.88 Å². The lowest BCUT2D eigenvalue weighted by atomic mass is 10.3. The van der Waals surface area contributed by atoms with E-state index < -0.39 is 5.97 Å². The van der Waals surface area contributed by atoms with Crippen molar-refractivity contribution in [2.75, 3.05) is 20.8 Å². The van der Waals surface area contributed by atoms with Gasteiger partial charge in [-0.05, 0) is 26.0 Å². The minimum Gasteiger partial charge on any atom is -0.491 e. The lowest BCUT2D eigenvalue weighted by molar-refractivity contribution is 0.0516. The molecule has 0 saturated carbocycles. The summed E-state index contributed by atoms with van der Waals surface area (Å²) in [5.41, 5.74) is 1.55. The summed E-state index contributed by atoms with van der Waals surface area (Å²) < 4.78 is 17.2. The number of hydrogen-bond acceptors (Lipinski definition) is 5. The minimum absolute atomic E-state index is 0.303. The molecule has 0 radical (unpaired) electrons. The second-order valence-corrected chi connectivity index (χ2v) is 3.87. The SMILES string of the molecule is CCOC(=O)c1c(C)nc2ccc(OC)c(OC)n12. The Morgan fingerprint density at radius 3 is 2.63 bits per heavy atom. The predicted molar refractivity (Wildman–Crippen MR) is 69.0 cm³/mol. The lowest BCUT2D eigenvalue weighted by Gasteiger charge is -2.11. The molecule has 0 spiro atoms. The Bertz CT molecular complexity index is 619. The number of carbonyl (C=O) groups is 1. The van der Waals surface area contributed by atoms with Gasteiger partial charge in [-0.2, -0.15) is 0 Å². The van der Waals surface area contributed by atoms with Crippen LogP contribution in [0.5, 0.6) is 11.6 Å². The van der Waals surface area contributed by atoms with Gasteiger partial charge in [0.1, 0.15) is 5.65 Å². The van der Waals surface area contributed by atoms with Gasteiger partial charge in [-0.15, -0.1) is 0 Å². The third-order valence-electron chi connectivity index (χ3n) is 2.76. The zero-order valence-corrected chi connectivity index (χ0v) is 11.4. The molecule has 0 atom stereocenters. The van der Waals surface area contributed by atoms with Crippen LogP contribution in [0.2, 0.25) is 0 Å². The zero-order valence-electron chi connectivity index (χ0n) is 11.4. The molecule has 0 aliphatic rings. The van der Waals surface area contributed by atoms with Crippen molar-refractivity contribution in [3.05, 3.63) is 23.5 Å². The molecule has 0 unspecified atom stereocenters. The maximum absolute atomic E-state index is 12.0. The van der Waals surface area contributed by atoms with E-state index in [4.69, 9.17) is 14.2 Å². The Morgan fingerprint density at radius 1 is 1.32 bits per heavy atom. The van der Waals surface area contributed by atoms with Gasteiger partial charge in [-0.25, -0.2) is 9.78 Å². The molecule has 0 bridgehead atoms. The monoisotopic (exact) mass is 264 g/mol. The quantitative estimate of drug-likeness (QED) is 0.788. The molecular formula is C13H16N2O4. The molecule has 0 aliphatic carbocycles. The first kappa shape index (κ1) is 13.2. The van der Waals surface area contributed by atoms with Crippen LogP contribution in [0.15, 0.2) is 12.1 Å². The maximum atomic E-state index is 12.0. The first-order valence-corrected chi connectivity index (χ1v) is 5.91. The topological polar surface area (TPSA) is 62.1 Å². The zero-order chi connectivity index (χ0) is 14.0. The van der Waals surface area contributed by atoms with Gasteiger partial charge in [0.05, 0.1) is 26.5 Å². The predicted octanol–water partition coefficient (Wildman–Crippen LogP) is 1.84. The Labute approximate surface area is 110 Å². The summed E-state index contributed by atoms with van der Waals surface area (Å²) in [4.78, 5) is 16.4. The van der Waals surface area contributed by atoms with Crippen molar-refractivity contribution >= 4 is 11.6 Å². The van der Waals surface area contributed by atoms with Crippen LogP contribution in [0.1, 0.15) is 23.1 Å². The molecule has 0 fully saturated rings. The largest absolute Gasteiger partial charge is 0.491 e. The number of ether oxygens (including phenoxy) is 3. The van der Waals surface area contributed by atoms with Crippen molar-refractivity contribution in [3.8, 4) is 11.6 Å². The third-order valence-corrected chi connectivity index (χ3v) is 2.76. The normalized spacial score (nSPS) is 10.5. The van der Waals surface area contributed by atoms with E-state index in [0.717, 1.165) is 0 Å². The highest BCUT2D eigenvalue weighted by Gasteiger charge is 2.22. The van der Waals surface area contributed by atoms with Gasteiger partial charge in [-0.3, -0.25) is 4.40 Å². The van der Waals surface area contributed by atoms with E-state index in [2.05, 4.69) is 4.98 Å². The van der Waals surface area contributed by atoms with Crippen molar-refractivity contribution < 1.29 is 19.0 Å². The molecule has 6 nitrogen and oxygen atoms in total. The Morgan fingerprint density at radius 2 is 2.05 bits per heavy atom. The van der Waals surface area contributed by atoms with Crippen LogP contribution in [0, 0.1) is 6.92 Å². The average molecular weight is 264 g/mol. The maximum Gasteiger partial charge on any atom is 0.357 e.